The lowest BCUT2D eigenvalue weighted by Gasteiger charge is -2.09. The lowest BCUT2D eigenvalue weighted by atomic mass is 10.2. The van der Waals surface area contributed by atoms with Gasteiger partial charge in [-0.15, -0.1) is 11.3 Å². The first-order valence-corrected chi connectivity index (χ1v) is 12.5. The minimum Gasteiger partial charge on any atom is -0.350 e. The molecular weight excluding hydrogens is 470 g/mol. The first-order chi connectivity index (χ1) is 15.4. The van der Waals surface area contributed by atoms with Gasteiger partial charge in [0.15, 0.2) is 0 Å². The molecule has 1 aromatic heterocycles. The van der Waals surface area contributed by atoms with Crippen LogP contribution in [0.25, 0.3) is 0 Å². The standard InChI is InChI=1S/C22H22ClN3O4S2/c23-20-6-2-1-5-19(20)22(28)25-14-13-24-21(27)16-7-9-18(10-8-16)32(29,30)26-12-11-17-4-3-15-31-17/h1-10,15,26H,11-14H2,(H,24,27)(H,25,28). The second-order valence-corrected chi connectivity index (χ2v) is 9.95. The van der Waals surface area contributed by atoms with E-state index in [9.17, 15) is 18.0 Å². The molecule has 7 nitrogen and oxygen atoms in total. The van der Waals surface area contributed by atoms with Crippen LogP contribution in [0.2, 0.25) is 5.02 Å². The Bertz CT molecular complexity index is 1160. The van der Waals surface area contributed by atoms with Gasteiger partial charge in [-0.1, -0.05) is 29.8 Å². The summed E-state index contributed by atoms with van der Waals surface area (Å²) in [7, 11) is -3.65. The zero-order chi connectivity index (χ0) is 23.0. The molecule has 0 atom stereocenters. The Morgan fingerprint density at radius 3 is 2.19 bits per heavy atom. The molecule has 0 saturated carbocycles. The van der Waals surface area contributed by atoms with Crippen LogP contribution >= 0.6 is 22.9 Å². The second-order valence-electron chi connectivity index (χ2n) is 6.74. The SMILES string of the molecule is O=C(NCCNC(=O)c1ccccc1Cl)c1ccc(S(=O)(=O)NCCc2cccs2)cc1. The number of hydrogen-bond donors (Lipinski definition) is 3. The van der Waals surface area contributed by atoms with Gasteiger partial charge in [0.2, 0.25) is 10.0 Å². The highest BCUT2D eigenvalue weighted by molar-refractivity contribution is 7.89. The Balaban J connectivity index is 1.45. The number of nitrogens with one attached hydrogen (secondary N) is 3. The van der Waals surface area contributed by atoms with E-state index in [1.54, 1.807) is 35.6 Å². The summed E-state index contributed by atoms with van der Waals surface area (Å²) >= 11 is 7.56. The fourth-order valence-electron chi connectivity index (χ4n) is 2.83. The van der Waals surface area contributed by atoms with E-state index < -0.39 is 10.0 Å². The number of amides is 2. The molecule has 0 fully saturated rings. The summed E-state index contributed by atoms with van der Waals surface area (Å²) in [5, 5.41) is 7.66. The quantitative estimate of drug-likeness (QED) is 0.379. The van der Waals surface area contributed by atoms with Crippen molar-refractivity contribution in [2.45, 2.75) is 11.3 Å². The van der Waals surface area contributed by atoms with Crippen LogP contribution in [0.5, 0.6) is 0 Å². The van der Waals surface area contributed by atoms with Gasteiger partial charge in [-0.3, -0.25) is 9.59 Å². The van der Waals surface area contributed by atoms with E-state index >= 15 is 0 Å². The molecule has 0 radical (unpaired) electrons. The lowest BCUT2D eigenvalue weighted by molar-refractivity contribution is 0.0927. The summed E-state index contributed by atoms with van der Waals surface area (Å²) in [5.41, 5.74) is 0.682. The molecular formula is C22H22ClN3O4S2. The molecule has 3 N–H and O–H groups in total. The molecule has 10 heteroatoms. The molecule has 3 rings (SSSR count). The average Bonchev–Trinajstić information content (AvgIpc) is 3.30. The topological polar surface area (TPSA) is 104 Å². The number of rotatable bonds is 10. The third-order valence-corrected chi connectivity index (χ3v) is 7.23. The maximum Gasteiger partial charge on any atom is 0.252 e. The van der Waals surface area contributed by atoms with E-state index in [1.807, 2.05) is 17.5 Å². The smallest absolute Gasteiger partial charge is 0.252 e. The largest absolute Gasteiger partial charge is 0.350 e. The predicted molar refractivity (Wildman–Crippen MR) is 126 cm³/mol. The maximum atomic E-state index is 12.4. The van der Waals surface area contributed by atoms with E-state index in [-0.39, 0.29) is 29.8 Å². The monoisotopic (exact) mass is 491 g/mol. The Hall–Kier alpha value is -2.72. The highest BCUT2D eigenvalue weighted by atomic mass is 35.5. The first kappa shape index (κ1) is 23.9. The molecule has 0 bridgehead atoms. The normalized spacial score (nSPS) is 11.2. The first-order valence-electron chi connectivity index (χ1n) is 9.80. The average molecular weight is 492 g/mol. The van der Waals surface area contributed by atoms with Crippen LogP contribution in [-0.4, -0.2) is 39.9 Å². The third-order valence-electron chi connectivity index (χ3n) is 4.48. The molecule has 3 aromatic rings. The van der Waals surface area contributed by atoms with Crippen molar-refractivity contribution < 1.29 is 18.0 Å². The van der Waals surface area contributed by atoms with Crippen LogP contribution in [-0.2, 0) is 16.4 Å². The summed E-state index contributed by atoms with van der Waals surface area (Å²) in [4.78, 5) is 25.5. The summed E-state index contributed by atoms with van der Waals surface area (Å²) in [6, 6.07) is 16.2. The Morgan fingerprint density at radius 1 is 0.844 bits per heavy atom. The molecule has 2 amide bonds. The van der Waals surface area contributed by atoms with E-state index in [2.05, 4.69) is 15.4 Å². The van der Waals surface area contributed by atoms with Crippen LogP contribution in [0.4, 0.5) is 0 Å². The van der Waals surface area contributed by atoms with Crippen molar-refractivity contribution in [1.82, 2.24) is 15.4 Å². The molecule has 0 aliphatic heterocycles. The van der Waals surface area contributed by atoms with Crippen LogP contribution in [0.3, 0.4) is 0 Å². The van der Waals surface area contributed by atoms with E-state index in [4.69, 9.17) is 11.6 Å². The van der Waals surface area contributed by atoms with E-state index in [0.29, 0.717) is 29.1 Å². The van der Waals surface area contributed by atoms with Gasteiger partial charge in [-0.05, 0) is 54.3 Å². The Morgan fingerprint density at radius 2 is 1.53 bits per heavy atom. The number of carbonyl (C=O) groups excluding carboxylic acids is 2. The van der Waals surface area contributed by atoms with Crippen LogP contribution in [0.15, 0.2) is 70.9 Å². The second kappa shape index (κ2) is 11.2. The summed E-state index contributed by atoms with van der Waals surface area (Å²) in [6.45, 7) is 0.723. The number of sulfonamides is 1. The van der Waals surface area contributed by atoms with Crippen LogP contribution < -0.4 is 15.4 Å². The van der Waals surface area contributed by atoms with Gasteiger partial charge < -0.3 is 10.6 Å². The van der Waals surface area contributed by atoms with Crippen molar-refractivity contribution in [3.63, 3.8) is 0 Å². The van der Waals surface area contributed by atoms with Crippen molar-refractivity contribution in [2.75, 3.05) is 19.6 Å². The summed E-state index contributed by atoms with van der Waals surface area (Å²) < 4.78 is 27.4. The Kier molecular flexibility index (Phi) is 8.40. The number of halogens is 1. The van der Waals surface area contributed by atoms with Crippen molar-refractivity contribution in [2.24, 2.45) is 0 Å². The molecule has 32 heavy (non-hydrogen) atoms. The fourth-order valence-corrected chi connectivity index (χ4v) is 4.79. The van der Waals surface area contributed by atoms with Crippen molar-refractivity contribution in [3.05, 3.63) is 87.1 Å². The fraction of sp³-hybridized carbons (Fsp3) is 0.182. The van der Waals surface area contributed by atoms with Gasteiger partial charge in [-0.25, -0.2) is 13.1 Å². The number of benzene rings is 2. The molecule has 168 valence electrons. The predicted octanol–water partition coefficient (Wildman–Crippen LogP) is 3.08. The number of carbonyl (C=O) groups is 2. The number of thiophene rings is 1. The molecule has 0 aliphatic rings. The van der Waals surface area contributed by atoms with Crippen molar-refractivity contribution in [1.29, 1.82) is 0 Å². The van der Waals surface area contributed by atoms with Crippen molar-refractivity contribution >= 4 is 44.8 Å². The Labute approximate surface area is 195 Å². The van der Waals surface area contributed by atoms with E-state index in [1.165, 1.54) is 24.3 Å². The highest BCUT2D eigenvalue weighted by Crippen LogP contribution is 2.14. The van der Waals surface area contributed by atoms with Gasteiger partial charge in [0.1, 0.15) is 0 Å². The zero-order valence-corrected chi connectivity index (χ0v) is 19.4. The molecule has 0 aliphatic carbocycles. The van der Waals surface area contributed by atoms with Gasteiger partial charge in [0, 0.05) is 30.1 Å². The highest BCUT2D eigenvalue weighted by Gasteiger charge is 2.15. The molecule has 0 unspecified atom stereocenters. The third kappa shape index (κ3) is 6.64. The lowest BCUT2D eigenvalue weighted by Crippen LogP contribution is -2.34. The molecule has 1 heterocycles. The van der Waals surface area contributed by atoms with Gasteiger partial charge in [0.25, 0.3) is 11.8 Å². The van der Waals surface area contributed by atoms with Crippen LogP contribution in [0, 0.1) is 0 Å². The van der Waals surface area contributed by atoms with Gasteiger partial charge in [0.05, 0.1) is 15.5 Å². The molecule has 0 saturated heterocycles. The van der Waals surface area contributed by atoms with E-state index in [0.717, 1.165) is 4.88 Å². The maximum absolute atomic E-state index is 12.4. The minimum absolute atomic E-state index is 0.0900. The zero-order valence-electron chi connectivity index (χ0n) is 17.0. The number of hydrogen-bond acceptors (Lipinski definition) is 5. The molecule has 2 aromatic carbocycles. The minimum atomic E-state index is -3.65. The summed E-state index contributed by atoms with van der Waals surface area (Å²) in [6.07, 6.45) is 0.615. The van der Waals surface area contributed by atoms with Gasteiger partial charge >= 0.3 is 0 Å². The van der Waals surface area contributed by atoms with Crippen molar-refractivity contribution in [3.8, 4) is 0 Å². The van der Waals surface area contributed by atoms with Gasteiger partial charge in [-0.2, -0.15) is 0 Å². The molecule has 0 spiro atoms. The summed E-state index contributed by atoms with van der Waals surface area (Å²) in [5.74, 6) is -0.697. The van der Waals surface area contributed by atoms with Crippen LogP contribution in [0.1, 0.15) is 25.6 Å².